The molecule has 19 heavy (non-hydrogen) atoms. The van der Waals surface area contributed by atoms with Crippen LogP contribution >= 0.6 is 0 Å². The van der Waals surface area contributed by atoms with Crippen LogP contribution in [0.25, 0.3) is 0 Å². The summed E-state index contributed by atoms with van der Waals surface area (Å²) in [4.78, 5) is 14.1. The van der Waals surface area contributed by atoms with Crippen LogP contribution in [0.15, 0.2) is 18.2 Å². The van der Waals surface area contributed by atoms with E-state index in [1.54, 1.807) is 19.1 Å². The molecular formula is C15H24N2O2. The Balaban J connectivity index is 3.21. The van der Waals surface area contributed by atoms with Gasteiger partial charge >= 0.3 is 5.97 Å². The molecule has 1 rings (SSSR count). The fourth-order valence-corrected chi connectivity index (χ4v) is 1.98. The lowest BCUT2D eigenvalue weighted by molar-refractivity contribution is 0.0527. The average molecular weight is 264 g/mol. The smallest absolute Gasteiger partial charge is 0.340 e. The summed E-state index contributed by atoms with van der Waals surface area (Å²) in [5.41, 5.74) is 7.92. The maximum atomic E-state index is 12.0. The molecule has 0 fully saturated rings. The average Bonchev–Trinajstić information content (AvgIpc) is 2.36. The van der Waals surface area contributed by atoms with Crippen molar-refractivity contribution < 1.29 is 9.53 Å². The molecule has 0 aliphatic rings. The molecule has 0 aliphatic heterocycles. The third-order valence-electron chi connectivity index (χ3n) is 3.49. The highest BCUT2D eigenvalue weighted by molar-refractivity contribution is 5.99. The monoisotopic (exact) mass is 264 g/mol. The summed E-state index contributed by atoms with van der Waals surface area (Å²) in [5.74, 6) is 0.132. The van der Waals surface area contributed by atoms with Crippen molar-refractivity contribution in [3.63, 3.8) is 0 Å². The Bertz CT molecular complexity index is 444. The van der Waals surface area contributed by atoms with E-state index in [1.807, 2.05) is 18.0 Å². The second kappa shape index (κ2) is 6.45. The molecule has 0 bridgehead atoms. The SMILES string of the molecule is CCOC(=O)c1cccc(N)c1N(C)C(C)C(C)C. The lowest BCUT2D eigenvalue weighted by Gasteiger charge is -2.32. The minimum atomic E-state index is -0.326. The number of carbonyl (C=O) groups excluding carboxylic acids is 1. The van der Waals surface area contributed by atoms with Crippen LogP contribution in [0.2, 0.25) is 0 Å². The molecule has 0 aromatic heterocycles. The number of carbonyl (C=O) groups is 1. The van der Waals surface area contributed by atoms with E-state index in [0.29, 0.717) is 23.8 Å². The second-order valence-electron chi connectivity index (χ2n) is 5.06. The fourth-order valence-electron chi connectivity index (χ4n) is 1.98. The zero-order valence-corrected chi connectivity index (χ0v) is 12.4. The molecule has 0 saturated heterocycles. The van der Waals surface area contributed by atoms with Crippen molar-refractivity contribution in [2.75, 3.05) is 24.3 Å². The molecule has 106 valence electrons. The van der Waals surface area contributed by atoms with E-state index in [0.717, 1.165) is 5.69 Å². The number of hydrogen-bond donors (Lipinski definition) is 1. The van der Waals surface area contributed by atoms with Crippen molar-refractivity contribution in [1.29, 1.82) is 0 Å². The standard InChI is InChI=1S/C15H24N2O2/c1-6-19-15(18)12-8-7-9-13(16)14(12)17(5)11(4)10(2)3/h7-11H,6,16H2,1-5H3. The number of nitrogens with two attached hydrogens (primary N) is 1. The number of para-hydroxylation sites is 1. The zero-order chi connectivity index (χ0) is 14.6. The summed E-state index contributed by atoms with van der Waals surface area (Å²) in [6.07, 6.45) is 0. The first kappa shape index (κ1) is 15.3. The number of ether oxygens (including phenoxy) is 1. The minimum Gasteiger partial charge on any atom is -0.462 e. The molecule has 4 nitrogen and oxygen atoms in total. The molecular weight excluding hydrogens is 240 g/mol. The first-order valence-corrected chi connectivity index (χ1v) is 6.68. The molecule has 0 spiro atoms. The van der Waals surface area contributed by atoms with Crippen LogP contribution < -0.4 is 10.6 Å². The number of benzene rings is 1. The van der Waals surface area contributed by atoms with Crippen LogP contribution in [-0.2, 0) is 4.74 Å². The lowest BCUT2D eigenvalue weighted by atomic mass is 10.0. The summed E-state index contributed by atoms with van der Waals surface area (Å²) in [6.45, 7) is 8.56. The molecule has 1 aromatic rings. The van der Waals surface area contributed by atoms with Gasteiger partial charge in [-0.1, -0.05) is 19.9 Å². The molecule has 1 unspecified atom stereocenters. The maximum Gasteiger partial charge on any atom is 0.340 e. The number of nitrogens with zero attached hydrogens (tertiary/aromatic N) is 1. The van der Waals surface area contributed by atoms with Crippen molar-refractivity contribution in [3.8, 4) is 0 Å². The Kier molecular flexibility index (Phi) is 5.21. The van der Waals surface area contributed by atoms with Crippen molar-refractivity contribution in [1.82, 2.24) is 0 Å². The van der Waals surface area contributed by atoms with Gasteiger partial charge in [-0.2, -0.15) is 0 Å². The van der Waals surface area contributed by atoms with Crippen LogP contribution in [-0.4, -0.2) is 25.7 Å². The molecule has 0 aliphatic carbocycles. The van der Waals surface area contributed by atoms with E-state index >= 15 is 0 Å². The molecule has 1 atom stereocenters. The van der Waals surface area contributed by atoms with Gasteiger partial charge in [0.15, 0.2) is 0 Å². The predicted molar refractivity (Wildman–Crippen MR) is 79.5 cm³/mol. The Labute approximate surface area is 115 Å². The molecule has 4 heteroatoms. The summed E-state index contributed by atoms with van der Waals surface area (Å²) in [5, 5.41) is 0. The number of rotatable bonds is 5. The largest absolute Gasteiger partial charge is 0.462 e. The second-order valence-corrected chi connectivity index (χ2v) is 5.06. The summed E-state index contributed by atoms with van der Waals surface area (Å²) < 4.78 is 5.09. The van der Waals surface area contributed by atoms with Crippen LogP contribution in [0, 0.1) is 5.92 Å². The van der Waals surface area contributed by atoms with E-state index in [-0.39, 0.29) is 12.0 Å². The Hall–Kier alpha value is -1.71. The molecule has 0 amide bonds. The Morgan fingerprint density at radius 2 is 2.00 bits per heavy atom. The molecule has 0 saturated carbocycles. The highest BCUT2D eigenvalue weighted by Gasteiger charge is 2.22. The number of esters is 1. The predicted octanol–water partition coefficient (Wildman–Crippen LogP) is 2.93. The van der Waals surface area contributed by atoms with Gasteiger partial charge in [0.25, 0.3) is 0 Å². The Morgan fingerprint density at radius 1 is 1.37 bits per heavy atom. The topological polar surface area (TPSA) is 55.6 Å². The van der Waals surface area contributed by atoms with Gasteiger partial charge in [0.1, 0.15) is 0 Å². The molecule has 1 aromatic carbocycles. The van der Waals surface area contributed by atoms with Crippen molar-refractivity contribution in [3.05, 3.63) is 23.8 Å². The normalized spacial score (nSPS) is 12.3. The number of anilines is 2. The van der Waals surface area contributed by atoms with E-state index in [1.165, 1.54) is 0 Å². The number of hydrogen-bond acceptors (Lipinski definition) is 4. The van der Waals surface area contributed by atoms with Gasteiger partial charge in [-0.05, 0) is 31.9 Å². The zero-order valence-electron chi connectivity index (χ0n) is 12.4. The van der Waals surface area contributed by atoms with Gasteiger partial charge in [-0.15, -0.1) is 0 Å². The van der Waals surface area contributed by atoms with Gasteiger partial charge in [-0.3, -0.25) is 0 Å². The van der Waals surface area contributed by atoms with Gasteiger partial charge < -0.3 is 15.4 Å². The Morgan fingerprint density at radius 3 is 2.53 bits per heavy atom. The minimum absolute atomic E-state index is 0.276. The third kappa shape index (κ3) is 3.40. The van der Waals surface area contributed by atoms with Gasteiger partial charge in [-0.25, -0.2) is 4.79 Å². The van der Waals surface area contributed by atoms with Crippen molar-refractivity contribution in [2.45, 2.75) is 33.7 Å². The quantitative estimate of drug-likeness (QED) is 0.656. The van der Waals surface area contributed by atoms with Crippen LogP contribution in [0.5, 0.6) is 0 Å². The van der Waals surface area contributed by atoms with E-state index in [4.69, 9.17) is 10.5 Å². The fraction of sp³-hybridized carbons (Fsp3) is 0.533. The van der Waals surface area contributed by atoms with E-state index < -0.39 is 0 Å². The highest BCUT2D eigenvalue weighted by atomic mass is 16.5. The van der Waals surface area contributed by atoms with Gasteiger partial charge in [0, 0.05) is 13.1 Å². The number of nitrogen functional groups attached to an aromatic ring is 1. The first-order chi connectivity index (χ1) is 8.90. The summed E-state index contributed by atoms with van der Waals surface area (Å²) in [7, 11) is 1.96. The van der Waals surface area contributed by atoms with Crippen molar-refractivity contribution >= 4 is 17.3 Å². The van der Waals surface area contributed by atoms with Gasteiger partial charge in [0.2, 0.25) is 0 Å². The van der Waals surface area contributed by atoms with Crippen LogP contribution in [0.1, 0.15) is 38.1 Å². The third-order valence-corrected chi connectivity index (χ3v) is 3.49. The summed E-state index contributed by atoms with van der Waals surface area (Å²) >= 11 is 0. The first-order valence-electron chi connectivity index (χ1n) is 6.68. The summed E-state index contributed by atoms with van der Waals surface area (Å²) in [6, 6.07) is 5.62. The van der Waals surface area contributed by atoms with Crippen molar-refractivity contribution in [2.24, 2.45) is 5.92 Å². The lowest BCUT2D eigenvalue weighted by Crippen LogP contribution is -2.35. The maximum absolute atomic E-state index is 12.0. The van der Waals surface area contributed by atoms with Crippen LogP contribution in [0.4, 0.5) is 11.4 Å². The molecule has 2 N–H and O–H groups in total. The van der Waals surface area contributed by atoms with E-state index in [9.17, 15) is 4.79 Å². The van der Waals surface area contributed by atoms with Crippen LogP contribution in [0.3, 0.4) is 0 Å². The highest BCUT2D eigenvalue weighted by Crippen LogP contribution is 2.30. The molecule has 0 radical (unpaired) electrons. The van der Waals surface area contributed by atoms with E-state index in [2.05, 4.69) is 20.8 Å². The molecule has 0 heterocycles. The van der Waals surface area contributed by atoms with Gasteiger partial charge in [0.05, 0.1) is 23.5 Å².